The van der Waals surface area contributed by atoms with Crippen molar-refractivity contribution in [2.75, 3.05) is 6.26 Å². The van der Waals surface area contributed by atoms with Gasteiger partial charge in [0.15, 0.2) is 5.16 Å². The van der Waals surface area contributed by atoms with Crippen molar-refractivity contribution in [3.8, 4) is 0 Å². The lowest BCUT2D eigenvalue weighted by Crippen LogP contribution is -1.93. The Labute approximate surface area is 80.2 Å². The van der Waals surface area contributed by atoms with Gasteiger partial charge < -0.3 is 0 Å². The van der Waals surface area contributed by atoms with Gasteiger partial charge in [-0.15, -0.1) is 0 Å². The van der Waals surface area contributed by atoms with Gasteiger partial charge in [-0.25, -0.2) is 9.97 Å². The minimum absolute atomic E-state index is 0.207. The molecule has 6 heteroatoms. The average molecular weight is 195 g/mol. The van der Waals surface area contributed by atoms with Gasteiger partial charge in [0.2, 0.25) is 0 Å². The molecule has 0 bridgehead atoms. The minimum Gasteiger partial charge on any atom is -0.231 e. The van der Waals surface area contributed by atoms with Crippen LogP contribution >= 0.6 is 11.8 Å². The van der Waals surface area contributed by atoms with Crippen LogP contribution in [-0.4, -0.2) is 16.2 Å². The van der Waals surface area contributed by atoms with Gasteiger partial charge in [0.05, 0.1) is 6.04 Å². The van der Waals surface area contributed by atoms with Crippen molar-refractivity contribution >= 4 is 11.8 Å². The summed E-state index contributed by atoms with van der Waals surface area (Å²) in [5.74, 6) is 0. The van der Waals surface area contributed by atoms with Crippen LogP contribution in [0.4, 0.5) is 0 Å². The van der Waals surface area contributed by atoms with E-state index in [1.54, 1.807) is 19.3 Å². The first-order chi connectivity index (χ1) is 6.27. The van der Waals surface area contributed by atoms with Gasteiger partial charge in [0, 0.05) is 17.3 Å². The zero-order chi connectivity index (χ0) is 9.68. The quantitative estimate of drug-likeness (QED) is 0.244. The molecule has 13 heavy (non-hydrogen) atoms. The van der Waals surface area contributed by atoms with Crippen LogP contribution in [0.2, 0.25) is 0 Å². The molecule has 0 fully saturated rings. The van der Waals surface area contributed by atoms with Crippen LogP contribution in [0.25, 0.3) is 10.4 Å². The van der Waals surface area contributed by atoms with Crippen molar-refractivity contribution in [1.82, 2.24) is 9.97 Å². The predicted molar refractivity (Wildman–Crippen MR) is 51.4 cm³/mol. The molecule has 0 radical (unpaired) electrons. The summed E-state index contributed by atoms with van der Waals surface area (Å²) in [5, 5.41) is 4.26. The molecule has 1 heterocycles. The molecule has 0 aromatic carbocycles. The summed E-state index contributed by atoms with van der Waals surface area (Å²) in [5.41, 5.74) is 9.04. The summed E-state index contributed by atoms with van der Waals surface area (Å²) in [7, 11) is 0. The second-order valence-electron chi connectivity index (χ2n) is 2.38. The molecule has 0 aliphatic carbocycles. The fourth-order valence-electron chi connectivity index (χ4n) is 0.791. The van der Waals surface area contributed by atoms with E-state index in [2.05, 4.69) is 20.0 Å². The molecule has 68 valence electrons. The molecule has 0 N–H and O–H groups in total. The Morgan fingerprint density at radius 1 is 1.54 bits per heavy atom. The SMILES string of the molecule is CSc1ncc(C(C)N=[N+]=[N-])cn1. The van der Waals surface area contributed by atoms with E-state index >= 15 is 0 Å². The Balaban J connectivity index is 2.85. The van der Waals surface area contributed by atoms with Crippen LogP contribution in [0, 0.1) is 0 Å². The van der Waals surface area contributed by atoms with E-state index in [9.17, 15) is 0 Å². The van der Waals surface area contributed by atoms with Gasteiger partial charge in [0.1, 0.15) is 0 Å². The maximum atomic E-state index is 8.21. The number of hydrogen-bond donors (Lipinski definition) is 0. The number of nitrogens with zero attached hydrogens (tertiary/aromatic N) is 5. The molecule has 1 atom stereocenters. The van der Waals surface area contributed by atoms with Crippen molar-refractivity contribution < 1.29 is 0 Å². The van der Waals surface area contributed by atoms with Gasteiger partial charge >= 0.3 is 0 Å². The van der Waals surface area contributed by atoms with Gasteiger partial charge in [-0.2, -0.15) is 0 Å². The topological polar surface area (TPSA) is 74.5 Å². The molecule has 1 aromatic heterocycles. The summed E-state index contributed by atoms with van der Waals surface area (Å²) in [4.78, 5) is 10.9. The zero-order valence-corrected chi connectivity index (χ0v) is 8.19. The second-order valence-corrected chi connectivity index (χ2v) is 3.16. The smallest absolute Gasteiger partial charge is 0.187 e. The van der Waals surface area contributed by atoms with Crippen molar-refractivity contribution in [3.05, 3.63) is 28.4 Å². The van der Waals surface area contributed by atoms with Crippen LogP contribution in [0.15, 0.2) is 22.7 Å². The van der Waals surface area contributed by atoms with Crippen LogP contribution in [0.1, 0.15) is 18.5 Å². The number of thioether (sulfide) groups is 1. The molecule has 0 aliphatic rings. The van der Waals surface area contributed by atoms with Crippen molar-refractivity contribution in [2.45, 2.75) is 18.1 Å². The molecular formula is C7H9N5S. The fourth-order valence-corrected chi connectivity index (χ4v) is 1.11. The first-order valence-electron chi connectivity index (χ1n) is 3.68. The van der Waals surface area contributed by atoms with Crippen LogP contribution < -0.4 is 0 Å². The number of rotatable bonds is 3. The van der Waals surface area contributed by atoms with Crippen molar-refractivity contribution in [1.29, 1.82) is 0 Å². The Hall–Kier alpha value is -1.26. The fraction of sp³-hybridized carbons (Fsp3) is 0.429. The minimum atomic E-state index is -0.207. The van der Waals surface area contributed by atoms with E-state index < -0.39 is 0 Å². The molecule has 1 rings (SSSR count). The van der Waals surface area contributed by atoms with Gasteiger partial charge in [-0.3, -0.25) is 0 Å². The summed E-state index contributed by atoms with van der Waals surface area (Å²) in [6.45, 7) is 1.80. The number of aromatic nitrogens is 2. The Morgan fingerprint density at radius 2 is 2.15 bits per heavy atom. The predicted octanol–water partition coefficient (Wildman–Crippen LogP) is 2.57. The summed E-state index contributed by atoms with van der Waals surface area (Å²) in [6.07, 6.45) is 5.27. The normalized spacial score (nSPS) is 11.8. The van der Waals surface area contributed by atoms with E-state index in [0.717, 1.165) is 10.7 Å². The van der Waals surface area contributed by atoms with Crippen LogP contribution in [-0.2, 0) is 0 Å². The third-order valence-electron chi connectivity index (χ3n) is 1.54. The Bertz CT molecular complexity index is 316. The first-order valence-corrected chi connectivity index (χ1v) is 4.90. The zero-order valence-electron chi connectivity index (χ0n) is 7.38. The van der Waals surface area contributed by atoms with E-state index in [4.69, 9.17) is 5.53 Å². The van der Waals surface area contributed by atoms with Crippen LogP contribution in [0.3, 0.4) is 0 Å². The maximum Gasteiger partial charge on any atom is 0.187 e. The molecule has 0 saturated carbocycles. The van der Waals surface area contributed by atoms with E-state index in [0.29, 0.717) is 0 Å². The van der Waals surface area contributed by atoms with Crippen molar-refractivity contribution in [2.24, 2.45) is 5.11 Å². The molecule has 0 amide bonds. The molecule has 0 aliphatic heterocycles. The van der Waals surface area contributed by atoms with Gasteiger partial charge in [-0.1, -0.05) is 23.8 Å². The molecule has 0 saturated heterocycles. The van der Waals surface area contributed by atoms with E-state index in [1.165, 1.54) is 11.8 Å². The summed E-state index contributed by atoms with van der Waals surface area (Å²) < 4.78 is 0. The highest BCUT2D eigenvalue weighted by molar-refractivity contribution is 7.98. The highest BCUT2D eigenvalue weighted by atomic mass is 32.2. The van der Waals surface area contributed by atoms with Crippen molar-refractivity contribution in [3.63, 3.8) is 0 Å². The lowest BCUT2D eigenvalue weighted by molar-refractivity contribution is 0.778. The molecule has 1 aromatic rings. The first kappa shape index (κ1) is 9.83. The average Bonchev–Trinajstić information content (AvgIpc) is 2.18. The third-order valence-corrected chi connectivity index (χ3v) is 2.11. The number of azide groups is 1. The monoisotopic (exact) mass is 195 g/mol. The Morgan fingerprint density at radius 3 is 2.62 bits per heavy atom. The molecule has 1 unspecified atom stereocenters. The Kier molecular flexibility index (Phi) is 3.54. The second kappa shape index (κ2) is 4.69. The number of hydrogen-bond acceptors (Lipinski definition) is 4. The largest absolute Gasteiger partial charge is 0.231 e. The lowest BCUT2D eigenvalue weighted by Gasteiger charge is -2.02. The highest BCUT2D eigenvalue weighted by Crippen LogP contribution is 2.16. The van der Waals surface area contributed by atoms with Gasteiger partial charge in [0.25, 0.3) is 0 Å². The van der Waals surface area contributed by atoms with E-state index in [-0.39, 0.29) is 6.04 Å². The van der Waals surface area contributed by atoms with Gasteiger partial charge in [-0.05, 0) is 17.4 Å². The molecule has 5 nitrogen and oxygen atoms in total. The molecule has 0 spiro atoms. The summed E-state index contributed by atoms with van der Waals surface area (Å²) >= 11 is 1.48. The standard InChI is InChI=1S/C7H9N5S/c1-5(11-12-8)6-3-9-7(13-2)10-4-6/h3-5H,1-2H3. The summed E-state index contributed by atoms with van der Waals surface area (Å²) in [6, 6.07) is -0.207. The lowest BCUT2D eigenvalue weighted by atomic mass is 10.2. The molecular weight excluding hydrogens is 186 g/mol. The maximum absolute atomic E-state index is 8.21. The highest BCUT2D eigenvalue weighted by Gasteiger charge is 2.03. The third kappa shape index (κ3) is 2.61. The van der Waals surface area contributed by atoms with Crippen LogP contribution in [0.5, 0.6) is 0 Å². The van der Waals surface area contributed by atoms with E-state index in [1.807, 2.05) is 6.26 Å².